The van der Waals surface area contributed by atoms with Crippen LogP contribution in [0.4, 0.5) is 0 Å². The second-order valence-electron chi connectivity index (χ2n) is 5.14. The van der Waals surface area contributed by atoms with E-state index in [0.717, 1.165) is 43.0 Å². The Hall–Kier alpha value is -1.41. The predicted molar refractivity (Wildman–Crippen MR) is 78.4 cm³/mol. The number of aliphatic carboxylic acids is 1. The van der Waals surface area contributed by atoms with Crippen molar-refractivity contribution >= 4 is 16.0 Å². The van der Waals surface area contributed by atoms with E-state index in [2.05, 4.69) is 16.7 Å². The monoisotopic (exact) mass is 317 g/mol. The van der Waals surface area contributed by atoms with Gasteiger partial charge in [-0.1, -0.05) is 32.6 Å². The molecule has 1 rings (SSSR count). The molecule has 0 aliphatic rings. The Morgan fingerprint density at radius 2 is 2.14 bits per heavy atom. The summed E-state index contributed by atoms with van der Waals surface area (Å²) in [5.74, 6) is -1.07. The topological polar surface area (TPSA) is 101 Å². The van der Waals surface area contributed by atoms with Crippen molar-refractivity contribution in [2.24, 2.45) is 0 Å². The fraction of sp³-hybridized carbons (Fsp3) is 0.692. The standard InChI is InChI=1S/C13H23N3O4S/c1-3-4-5-6-7-11(2)15-21(19,20)12-8-14-16(9-12)10-13(17)18/h8-9,11,15H,3-7,10H2,1-2H3,(H,17,18). The zero-order valence-electron chi connectivity index (χ0n) is 12.4. The molecule has 0 spiro atoms. The molecule has 1 unspecified atom stereocenters. The Labute approximate surface area is 125 Å². The first-order valence-electron chi connectivity index (χ1n) is 7.11. The molecule has 2 N–H and O–H groups in total. The Bertz CT molecular complexity index is 554. The number of carboxylic acid groups (broad SMARTS) is 1. The molecular weight excluding hydrogens is 294 g/mol. The van der Waals surface area contributed by atoms with Gasteiger partial charge in [0.05, 0.1) is 6.20 Å². The number of rotatable bonds is 10. The number of carbonyl (C=O) groups is 1. The molecule has 0 fully saturated rings. The number of carboxylic acids is 1. The Morgan fingerprint density at radius 1 is 1.43 bits per heavy atom. The molecule has 0 aromatic carbocycles. The van der Waals surface area contributed by atoms with Crippen LogP contribution in [0.1, 0.15) is 46.0 Å². The van der Waals surface area contributed by atoms with E-state index in [4.69, 9.17) is 5.11 Å². The third kappa shape index (κ3) is 6.26. The molecule has 0 amide bonds. The van der Waals surface area contributed by atoms with Gasteiger partial charge >= 0.3 is 5.97 Å². The number of unbranched alkanes of at least 4 members (excludes halogenated alkanes) is 3. The van der Waals surface area contributed by atoms with Gasteiger partial charge in [-0.2, -0.15) is 5.10 Å². The van der Waals surface area contributed by atoms with Crippen molar-refractivity contribution in [3.8, 4) is 0 Å². The molecule has 1 atom stereocenters. The van der Waals surface area contributed by atoms with E-state index in [0.29, 0.717) is 0 Å². The van der Waals surface area contributed by atoms with Gasteiger partial charge in [0.1, 0.15) is 11.4 Å². The van der Waals surface area contributed by atoms with E-state index in [1.165, 1.54) is 6.20 Å². The average molecular weight is 317 g/mol. The zero-order valence-corrected chi connectivity index (χ0v) is 13.3. The average Bonchev–Trinajstić information content (AvgIpc) is 2.82. The van der Waals surface area contributed by atoms with Gasteiger partial charge in [-0.05, 0) is 13.3 Å². The van der Waals surface area contributed by atoms with E-state index in [9.17, 15) is 13.2 Å². The number of hydrogen-bond acceptors (Lipinski definition) is 4. The summed E-state index contributed by atoms with van der Waals surface area (Å²) >= 11 is 0. The highest BCUT2D eigenvalue weighted by Crippen LogP contribution is 2.11. The Balaban J connectivity index is 2.56. The summed E-state index contributed by atoms with van der Waals surface area (Å²) < 4.78 is 27.9. The van der Waals surface area contributed by atoms with Crippen LogP contribution in [0.3, 0.4) is 0 Å². The van der Waals surface area contributed by atoms with Crippen molar-refractivity contribution < 1.29 is 18.3 Å². The first kappa shape index (κ1) is 17.6. The quantitative estimate of drug-likeness (QED) is 0.638. The molecule has 8 heteroatoms. The summed E-state index contributed by atoms with van der Waals surface area (Å²) in [6.45, 7) is 3.59. The Morgan fingerprint density at radius 3 is 2.76 bits per heavy atom. The lowest BCUT2D eigenvalue weighted by Gasteiger charge is -2.13. The van der Waals surface area contributed by atoms with Gasteiger partial charge in [0.15, 0.2) is 0 Å². The number of aromatic nitrogens is 2. The number of hydrogen-bond donors (Lipinski definition) is 2. The highest BCUT2D eigenvalue weighted by Gasteiger charge is 2.19. The van der Waals surface area contributed by atoms with E-state index in [1.54, 1.807) is 0 Å². The third-order valence-corrected chi connectivity index (χ3v) is 4.61. The molecule has 1 aromatic heterocycles. The predicted octanol–water partition coefficient (Wildman–Crippen LogP) is 1.60. The molecule has 7 nitrogen and oxygen atoms in total. The van der Waals surface area contributed by atoms with Crippen LogP contribution in [0, 0.1) is 0 Å². The zero-order chi connectivity index (χ0) is 15.9. The molecule has 21 heavy (non-hydrogen) atoms. The summed E-state index contributed by atoms with van der Waals surface area (Å²) in [5, 5.41) is 12.4. The number of nitrogens with zero attached hydrogens (tertiary/aromatic N) is 2. The minimum Gasteiger partial charge on any atom is -0.480 e. The second-order valence-corrected chi connectivity index (χ2v) is 6.85. The van der Waals surface area contributed by atoms with Crippen molar-refractivity contribution in [3.05, 3.63) is 12.4 Å². The van der Waals surface area contributed by atoms with Crippen LogP contribution in [0.15, 0.2) is 17.3 Å². The lowest BCUT2D eigenvalue weighted by atomic mass is 10.1. The summed E-state index contributed by atoms with van der Waals surface area (Å²) in [6, 6.07) is -0.158. The second kappa shape index (κ2) is 8.14. The first-order valence-corrected chi connectivity index (χ1v) is 8.60. The first-order chi connectivity index (χ1) is 9.85. The molecule has 0 aliphatic heterocycles. The van der Waals surface area contributed by atoms with Crippen LogP contribution in [-0.2, 0) is 21.4 Å². The molecule has 0 bridgehead atoms. The maximum Gasteiger partial charge on any atom is 0.325 e. The van der Waals surface area contributed by atoms with Crippen molar-refractivity contribution in [2.75, 3.05) is 0 Å². The van der Waals surface area contributed by atoms with Crippen LogP contribution in [0.25, 0.3) is 0 Å². The van der Waals surface area contributed by atoms with E-state index in [1.807, 2.05) is 6.92 Å². The van der Waals surface area contributed by atoms with Crippen molar-refractivity contribution in [1.82, 2.24) is 14.5 Å². The van der Waals surface area contributed by atoms with Gasteiger partial charge in [-0.15, -0.1) is 0 Å². The van der Waals surface area contributed by atoms with Gasteiger partial charge in [0.2, 0.25) is 10.0 Å². The van der Waals surface area contributed by atoms with Crippen molar-refractivity contribution in [1.29, 1.82) is 0 Å². The van der Waals surface area contributed by atoms with Crippen LogP contribution in [0.5, 0.6) is 0 Å². The smallest absolute Gasteiger partial charge is 0.325 e. The highest BCUT2D eigenvalue weighted by molar-refractivity contribution is 7.89. The van der Waals surface area contributed by atoms with Crippen LogP contribution >= 0.6 is 0 Å². The van der Waals surface area contributed by atoms with E-state index >= 15 is 0 Å². The van der Waals surface area contributed by atoms with Crippen molar-refractivity contribution in [3.63, 3.8) is 0 Å². The van der Waals surface area contributed by atoms with Crippen molar-refractivity contribution in [2.45, 2.75) is 63.4 Å². The van der Waals surface area contributed by atoms with Gasteiger partial charge in [-0.3, -0.25) is 9.48 Å². The summed E-state index contributed by atoms with van der Waals surface area (Å²) in [6.07, 6.45) is 7.54. The minimum atomic E-state index is -3.64. The van der Waals surface area contributed by atoms with Gasteiger partial charge in [0.25, 0.3) is 0 Å². The molecule has 0 aliphatic carbocycles. The Kier molecular flexibility index (Phi) is 6.83. The fourth-order valence-corrected chi connectivity index (χ4v) is 3.21. The lowest BCUT2D eigenvalue weighted by molar-refractivity contribution is -0.137. The molecule has 1 aromatic rings. The largest absolute Gasteiger partial charge is 0.480 e. The van der Waals surface area contributed by atoms with Gasteiger partial charge in [-0.25, -0.2) is 13.1 Å². The van der Waals surface area contributed by atoms with E-state index in [-0.39, 0.29) is 17.5 Å². The van der Waals surface area contributed by atoms with Crippen LogP contribution in [0.2, 0.25) is 0 Å². The molecule has 1 heterocycles. The summed E-state index contributed by atoms with van der Waals surface area (Å²) in [7, 11) is -3.64. The summed E-state index contributed by atoms with van der Waals surface area (Å²) in [5.41, 5.74) is 0. The number of sulfonamides is 1. The summed E-state index contributed by atoms with van der Waals surface area (Å²) in [4.78, 5) is 10.5. The molecule has 0 saturated carbocycles. The molecular formula is C13H23N3O4S. The minimum absolute atomic E-state index is 0.0100. The maximum atomic E-state index is 12.1. The number of nitrogens with one attached hydrogen (secondary N) is 1. The highest BCUT2D eigenvalue weighted by atomic mass is 32.2. The third-order valence-electron chi connectivity index (χ3n) is 3.06. The maximum absolute atomic E-state index is 12.1. The molecule has 0 radical (unpaired) electrons. The fourth-order valence-electron chi connectivity index (χ4n) is 1.98. The molecule has 0 saturated heterocycles. The lowest BCUT2D eigenvalue weighted by Crippen LogP contribution is -2.32. The van der Waals surface area contributed by atoms with E-state index < -0.39 is 16.0 Å². The normalized spacial score (nSPS) is 13.2. The van der Waals surface area contributed by atoms with Crippen LogP contribution < -0.4 is 4.72 Å². The van der Waals surface area contributed by atoms with Gasteiger partial charge < -0.3 is 5.11 Å². The SMILES string of the molecule is CCCCCCC(C)NS(=O)(=O)c1cnn(CC(=O)O)c1. The van der Waals surface area contributed by atoms with Gasteiger partial charge in [0, 0.05) is 12.2 Å². The molecule has 120 valence electrons. The van der Waals surface area contributed by atoms with Crippen LogP contribution in [-0.4, -0.2) is 35.3 Å².